The van der Waals surface area contributed by atoms with E-state index in [1.54, 1.807) is 4.90 Å². The van der Waals surface area contributed by atoms with Crippen LogP contribution < -0.4 is 0 Å². The third kappa shape index (κ3) is 3.04. The largest absolute Gasteiger partial charge is 0.332 e. The van der Waals surface area contributed by atoms with E-state index < -0.39 is 0 Å². The van der Waals surface area contributed by atoms with E-state index >= 15 is 0 Å². The van der Waals surface area contributed by atoms with E-state index in [9.17, 15) is 4.79 Å². The Morgan fingerprint density at radius 1 is 1.10 bits per heavy atom. The minimum Gasteiger partial charge on any atom is -0.332 e. The SMILES string of the molecule is CN1CN(Cc2ccc(C3CCCCC3)cc2)CC1=O. The van der Waals surface area contributed by atoms with E-state index in [0.29, 0.717) is 6.54 Å². The first-order valence-corrected chi connectivity index (χ1v) is 7.77. The van der Waals surface area contributed by atoms with Crippen LogP contribution in [-0.4, -0.2) is 36.0 Å². The topological polar surface area (TPSA) is 23.6 Å². The number of nitrogens with zero attached hydrogens (tertiary/aromatic N) is 2. The van der Waals surface area contributed by atoms with Crippen molar-refractivity contribution in [2.45, 2.75) is 44.6 Å². The van der Waals surface area contributed by atoms with Gasteiger partial charge in [0.15, 0.2) is 0 Å². The molecule has 3 heteroatoms. The molecule has 1 amide bonds. The zero-order valence-corrected chi connectivity index (χ0v) is 12.3. The average molecular weight is 272 g/mol. The fourth-order valence-corrected chi connectivity index (χ4v) is 3.44. The standard InChI is InChI=1S/C17H24N2O/c1-18-13-19(12-17(18)20)11-14-7-9-16(10-8-14)15-5-3-2-4-6-15/h7-10,15H,2-6,11-13H2,1H3. The summed E-state index contributed by atoms with van der Waals surface area (Å²) in [5.74, 6) is 1.00. The molecule has 2 aliphatic rings. The van der Waals surface area contributed by atoms with E-state index in [0.717, 1.165) is 19.1 Å². The van der Waals surface area contributed by atoms with E-state index in [2.05, 4.69) is 29.2 Å². The van der Waals surface area contributed by atoms with Gasteiger partial charge in [0.1, 0.15) is 0 Å². The molecular weight excluding hydrogens is 248 g/mol. The molecule has 3 rings (SSSR count). The van der Waals surface area contributed by atoms with Gasteiger partial charge in [-0.05, 0) is 29.9 Å². The molecule has 0 N–H and O–H groups in total. The summed E-state index contributed by atoms with van der Waals surface area (Å²) in [7, 11) is 1.87. The summed E-state index contributed by atoms with van der Waals surface area (Å²) < 4.78 is 0. The van der Waals surface area contributed by atoms with Crippen LogP contribution in [0.2, 0.25) is 0 Å². The normalized spacial score (nSPS) is 21.6. The lowest BCUT2D eigenvalue weighted by molar-refractivity contribution is -0.125. The van der Waals surface area contributed by atoms with Gasteiger partial charge in [-0.2, -0.15) is 0 Å². The van der Waals surface area contributed by atoms with Crippen molar-refractivity contribution in [2.24, 2.45) is 0 Å². The summed E-state index contributed by atoms with van der Waals surface area (Å²) in [6.07, 6.45) is 6.88. The number of carbonyl (C=O) groups is 1. The van der Waals surface area contributed by atoms with Crippen LogP contribution in [0.3, 0.4) is 0 Å². The molecule has 1 aliphatic carbocycles. The Balaban J connectivity index is 1.60. The number of benzene rings is 1. The van der Waals surface area contributed by atoms with E-state index in [1.165, 1.54) is 43.2 Å². The Bertz CT molecular complexity index is 462. The van der Waals surface area contributed by atoms with Crippen LogP contribution in [0.4, 0.5) is 0 Å². The number of likely N-dealkylation sites (N-methyl/N-ethyl adjacent to an activating group) is 1. The summed E-state index contributed by atoms with van der Waals surface area (Å²) in [4.78, 5) is 15.5. The second-order valence-corrected chi connectivity index (χ2v) is 6.30. The molecule has 0 bridgehead atoms. The lowest BCUT2D eigenvalue weighted by Crippen LogP contribution is -2.22. The van der Waals surface area contributed by atoms with Gasteiger partial charge in [0.05, 0.1) is 13.2 Å². The number of carbonyl (C=O) groups excluding carboxylic acids is 1. The van der Waals surface area contributed by atoms with Crippen LogP contribution in [0, 0.1) is 0 Å². The molecule has 2 fully saturated rings. The second-order valence-electron chi connectivity index (χ2n) is 6.30. The highest BCUT2D eigenvalue weighted by molar-refractivity contribution is 5.79. The van der Waals surface area contributed by atoms with Crippen LogP contribution in [0.1, 0.15) is 49.1 Å². The highest BCUT2D eigenvalue weighted by atomic mass is 16.2. The highest BCUT2D eigenvalue weighted by Crippen LogP contribution is 2.32. The summed E-state index contributed by atoms with van der Waals surface area (Å²) in [5.41, 5.74) is 2.82. The molecule has 1 heterocycles. The van der Waals surface area contributed by atoms with Crippen molar-refractivity contribution >= 4 is 5.91 Å². The summed E-state index contributed by atoms with van der Waals surface area (Å²) in [6.45, 7) is 2.19. The van der Waals surface area contributed by atoms with Crippen molar-refractivity contribution in [3.05, 3.63) is 35.4 Å². The van der Waals surface area contributed by atoms with Crippen molar-refractivity contribution < 1.29 is 4.79 Å². The van der Waals surface area contributed by atoms with Gasteiger partial charge in [-0.1, -0.05) is 43.5 Å². The first-order chi connectivity index (χ1) is 9.72. The van der Waals surface area contributed by atoms with Crippen molar-refractivity contribution in [1.29, 1.82) is 0 Å². The van der Waals surface area contributed by atoms with Crippen molar-refractivity contribution in [2.75, 3.05) is 20.3 Å². The maximum absolute atomic E-state index is 11.5. The molecule has 1 saturated carbocycles. The van der Waals surface area contributed by atoms with Gasteiger partial charge >= 0.3 is 0 Å². The first-order valence-electron chi connectivity index (χ1n) is 7.77. The van der Waals surface area contributed by atoms with Crippen LogP contribution >= 0.6 is 0 Å². The molecule has 1 aromatic rings. The van der Waals surface area contributed by atoms with E-state index in [4.69, 9.17) is 0 Å². The average Bonchev–Trinajstić information content (AvgIpc) is 2.79. The van der Waals surface area contributed by atoms with Gasteiger partial charge in [-0.3, -0.25) is 9.69 Å². The fraction of sp³-hybridized carbons (Fsp3) is 0.588. The summed E-state index contributed by atoms with van der Waals surface area (Å²) in [6, 6.07) is 9.08. The molecule has 20 heavy (non-hydrogen) atoms. The maximum atomic E-state index is 11.5. The maximum Gasteiger partial charge on any atom is 0.237 e. The highest BCUT2D eigenvalue weighted by Gasteiger charge is 2.24. The van der Waals surface area contributed by atoms with Crippen LogP contribution in [0.15, 0.2) is 24.3 Å². The Kier molecular flexibility index (Phi) is 4.06. The molecule has 0 atom stereocenters. The van der Waals surface area contributed by atoms with E-state index in [-0.39, 0.29) is 5.91 Å². The van der Waals surface area contributed by atoms with E-state index in [1.807, 2.05) is 7.05 Å². The Labute approximate surface area is 121 Å². The first kappa shape index (κ1) is 13.6. The van der Waals surface area contributed by atoms with Gasteiger partial charge in [0.2, 0.25) is 5.91 Å². The number of rotatable bonds is 3. The van der Waals surface area contributed by atoms with Gasteiger partial charge < -0.3 is 4.90 Å². The molecular formula is C17H24N2O. The van der Waals surface area contributed by atoms with Gasteiger partial charge in [-0.25, -0.2) is 0 Å². The van der Waals surface area contributed by atoms with Crippen LogP contribution in [-0.2, 0) is 11.3 Å². The molecule has 1 aromatic carbocycles. The molecule has 1 aliphatic heterocycles. The van der Waals surface area contributed by atoms with Gasteiger partial charge in [-0.15, -0.1) is 0 Å². The summed E-state index contributed by atoms with van der Waals surface area (Å²) in [5, 5.41) is 0. The lowest BCUT2D eigenvalue weighted by Gasteiger charge is -2.22. The molecule has 0 unspecified atom stereocenters. The zero-order valence-electron chi connectivity index (χ0n) is 12.3. The minimum atomic E-state index is 0.226. The minimum absolute atomic E-state index is 0.226. The molecule has 0 aromatic heterocycles. The van der Waals surface area contributed by atoms with Gasteiger partial charge in [0, 0.05) is 13.6 Å². The lowest BCUT2D eigenvalue weighted by atomic mass is 9.84. The predicted octanol–water partition coefficient (Wildman–Crippen LogP) is 2.97. The summed E-state index contributed by atoms with van der Waals surface area (Å²) >= 11 is 0. The second kappa shape index (κ2) is 5.96. The smallest absolute Gasteiger partial charge is 0.237 e. The third-order valence-corrected chi connectivity index (χ3v) is 4.66. The Morgan fingerprint density at radius 2 is 1.80 bits per heavy atom. The van der Waals surface area contributed by atoms with Crippen LogP contribution in [0.5, 0.6) is 0 Å². The molecule has 1 saturated heterocycles. The fourth-order valence-electron chi connectivity index (χ4n) is 3.44. The zero-order chi connectivity index (χ0) is 13.9. The number of hydrogen-bond acceptors (Lipinski definition) is 2. The number of hydrogen-bond donors (Lipinski definition) is 0. The predicted molar refractivity (Wildman–Crippen MR) is 80.3 cm³/mol. The van der Waals surface area contributed by atoms with Crippen LogP contribution in [0.25, 0.3) is 0 Å². The molecule has 108 valence electrons. The quantitative estimate of drug-likeness (QED) is 0.844. The molecule has 3 nitrogen and oxygen atoms in total. The Hall–Kier alpha value is -1.35. The monoisotopic (exact) mass is 272 g/mol. The van der Waals surface area contributed by atoms with Crippen molar-refractivity contribution in [3.8, 4) is 0 Å². The van der Waals surface area contributed by atoms with Gasteiger partial charge in [0.25, 0.3) is 0 Å². The number of amides is 1. The molecule has 0 spiro atoms. The van der Waals surface area contributed by atoms with Crippen molar-refractivity contribution in [1.82, 2.24) is 9.80 Å². The third-order valence-electron chi connectivity index (χ3n) is 4.66. The van der Waals surface area contributed by atoms with Crippen molar-refractivity contribution in [3.63, 3.8) is 0 Å². The Morgan fingerprint density at radius 3 is 2.40 bits per heavy atom. The molecule has 0 radical (unpaired) electrons.